The number of anilines is 1. The fourth-order valence-electron chi connectivity index (χ4n) is 3.24. The van der Waals surface area contributed by atoms with Crippen LogP contribution in [0.3, 0.4) is 0 Å². The standard InChI is InChI=1S/C19H19BrN4O4S2/c20-13-2-3-14-16(12-13)30-19(21-14)23(7-1-6-22-8-10-28-11-9-22)18(25)15-4-5-17(29-15)24(26)27/h2-5,12H,1,6-11H2. The van der Waals surface area contributed by atoms with Gasteiger partial charge in [0.2, 0.25) is 0 Å². The van der Waals surface area contributed by atoms with Crippen molar-refractivity contribution in [3.05, 3.63) is 49.8 Å². The van der Waals surface area contributed by atoms with Crippen LogP contribution in [0.25, 0.3) is 10.2 Å². The van der Waals surface area contributed by atoms with Crippen LogP contribution in [0, 0.1) is 10.1 Å². The number of aromatic nitrogens is 1. The van der Waals surface area contributed by atoms with Crippen molar-refractivity contribution in [3.63, 3.8) is 0 Å². The van der Waals surface area contributed by atoms with Crippen LogP contribution in [0.2, 0.25) is 0 Å². The number of rotatable bonds is 7. The zero-order valence-electron chi connectivity index (χ0n) is 16.0. The maximum atomic E-state index is 13.2. The topological polar surface area (TPSA) is 88.8 Å². The van der Waals surface area contributed by atoms with E-state index < -0.39 is 4.92 Å². The Kier molecular flexibility index (Phi) is 6.74. The summed E-state index contributed by atoms with van der Waals surface area (Å²) in [5, 5.41) is 11.6. The van der Waals surface area contributed by atoms with E-state index in [2.05, 4.69) is 25.8 Å². The van der Waals surface area contributed by atoms with Gasteiger partial charge in [0.15, 0.2) is 5.13 Å². The number of thiophene rings is 1. The molecule has 8 nitrogen and oxygen atoms in total. The monoisotopic (exact) mass is 510 g/mol. The summed E-state index contributed by atoms with van der Waals surface area (Å²) in [6.45, 7) is 4.58. The third kappa shape index (κ3) is 4.86. The smallest absolute Gasteiger partial charge is 0.324 e. The number of hydrogen-bond donors (Lipinski definition) is 0. The second-order valence-electron chi connectivity index (χ2n) is 6.77. The highest BCUT2D eigenvalue weighted by atomic mass is 79.9. The Morgan fingerprint density at radius 3 is 2.80 bits per heavy atom. The predicted octanol–water partition coefficient (Wildman–Crippen LogP) is 4.40. The van der Waals surface area contributed by atoms with Gasteiger partial charge < -0.3 is 4.74 Å². The van der Waals surface area contributed by atoms with Crippen LogP contribution in [0.15, 0.2) is 34.8 Å². The van der Waals surface area contributed by atoms with Gasteiger partial charge in [0, 0.05) is 36.7 Å². The molecule has 0 saturated carbocycles. The summed E-state index contributed by atoms with van der Waals surface area (Å²) in [6.07, 6.45) is 0.777. The maximum absolute atomic E-state index is 13.2. The van der Waals surface area contributed by atoms with Crippen LogP contribution in [-0.2, 0) is 4.74 Å². The average molecular weight is 511 g/mol. The van der Waals surface area contributed by atoms with Gasteiger partial charge in [-0.2, -0.15) is 0 Å². The minimum atomic E-state index is -0.473. The summed E-state index contributed by atoms with van der Waals surface area (Å²) in [6, 6.07) is 8.69. The molecule has 0 N–H and O–H groups in total. The van der Waals surface area contributed by atoms with Crippen molar-refractivity contribution in [2.75, 3.05) is 44.3 Å². The highest BCUT2D eigenvalue weighted by Gasteiger charge is 2.25. The Hall–Kier alpha value is -1.92. The molecule has 2 aromatic heterocycles. The molecule has 1 aromatic carbocycles. The van der Waals surface area contributed by atoms with Gasteiger partial charge in [-0.3, -0.25) is 24.7 Å². The van der Waals surface area contributed by atoms with Crippen LogP contribution < -0.4 is 4.90 Å². The van der Waals surface area contributed by atoms with E-state index in [-0.39, 0.29) is 10.9 Å². The van der Waals surface area contributed by atoms with Crippen LogP contribution in [-0.4, -0.2) is 60.1 Å². The van der Waals surface area contributed by atoms with Crippen molar-refractivity contribution in [1.29, 1.82) is 0 Å². The number of nitrogens with zero attached hydrogens (tertiary/aromatic N) is 4. The zero-order valence-corrected chi connectivity index (χ0v) is 19.2. The van der Waals surface area contributed by atoms with Crippen LogP contribution in [0.5, 0.6) is 0 Å². The Morgan fingerprint density at radius 2 is 2.07 bits per heavy atom. The number of hydrogen-bond acceptors (Lipinski definition) is 8. The molecule has 3 heterocycles. The molecule has 0 bridgehead atoms. The number of ether oxygens (including phenoxy) is 1. The molecule has 4 rings (SSSR count). The first-order valence-electron chi connectivity index (χ1n) is 9.43. The van der Waals surface area contributed by atoms with Crippen molar-refractivity contribution in [2.24, 2.45) is 0 Å². The van der Waals surface area contributed by atoms with Crippen molar-refractivity contribution in [1.82, 2.24) is 9.88 Å². The summed E-state index contributed by atoms with van der Waals surface area (Å²) >= 11 is 5.80. The van der Waals surface area contributed by atoms with E-state index in [0.717, 1.165) is 65.3 Å². The van der Waals surface area contributed by atoms with Gasteiger partial charge in [-0.1, -0.05) is 38.6 Å². The summed E-state index contributed by atoms with van der Waals surface area (Å²) in [4.78, 5) is 32.8. The minimum Gasteiger partial charge on any atom is -0.379 e. The van der Waals surface area contributed by atoms with Gasteiger partial charge in [0.05, 0.1) is 33.2 Å². The van der Waals surface area contributed by atoms with E-state index in [1.54, 1.807) is 4.90 Å². The lowest BCUT2D eigenvalue weighted by Crippen LogP contribution is -2.39. The Balaban J connectivity index is 1.57. The van der Waals surface area contributed by atoms with E-state index >= 15 is 0 Å². The van der Waals surface area contributed by atoms with Crippen LogP contribution >= 0.6 is 38.6 Å². The van der Waals surface area contributed by atoms with Crippen LogP contribution in [0.1, 0.15) is 16.1 Å². The third-order valence-electron chi connectivity index (χ3n) is 4.76. The van der Waals surface area contributed by atoms with E-state index in [4.69, 9.17) is 4.74 Å². The molecule has 3 aromatic rings. The molecule has 0 atom stereocenters. The number of morpholine rings is 1. The van der Waals surface area contributed by atoms with E-state index in [1.165, 1.54) is 23.5 Å². The first-order valence-corrected chi connectivity index (χ1v) is 11.9. The highest BCUT2D eigenvalue weighted by molar-refractivity contribution is 9.10. The molecule has 0 spiro atoms. The maximum Gasteiger partial charge on any atom is 0.324 e. The Bertz CT molecular complexity index is 1060. The highest BCUT2D eigenvalue weighted by Crippen LogP contribution is 2.33. The Morgan fingerprint density at radius 1 is 1.27 bits per heavy atom. The number of halogens is 1. The number of benzene rings is 1. The van der Waals surface area contributed by atoms with E-state index in [0.29, 0.717) is 16.6 Å². The quantitative estimate of drug-likeness (QED) is 0.345. The Labute approximate surface area is 189 Å². The second-order valence-corrected chi connectivity index (χ2v) is 9.75. The molecule has 1 saturated heterocycles. The molecule has 1 aliphatic rings. The number of fused-ring (bicyclic) bond motifs is 1. The second kappa shape index (κ2) is 9.48. The van der Waals surface area contributed by atoms with Gasteiger partial charge in [-0.05, 0) is 30.7 Å². The third-order valence-corrected chi connectivity index (χ3v) is 7.32. The number of carbonyl (C=O) groups is 1. The zero-order chi connectivity index (χ0) is 21.1. The lowest BCUT2D eigenvalue weighted by atomic mass is 10.3. The lowest BCUT2D eigenvalue weighted by Gasteiger charge is -2.27. The lowest BCUT2D eigenvalue weighted by molar-refractivity contribution is -0.380. The first-order chi connectivity index (χ1) is 14.5. The largest absolute Gasteiger partial charge is 0.379 e. The molecule has 0 aliphatic carbocycles. The molecular weight excluding hydrogens is 492 g/mol. The number of nitro groups is 1. The molecular formula is C19H19BrN4O4S2. The van der Waals surface area contributed by atoms with E-state index in [1.807, 2.05) is 18.2 Å². The molecule has 30 heavy (non-hydrogen) atoms. The average Bonchev–Trinajstić information content (AvgIpc) is 3.38. The van der Waals surface area contributed by atoms with Crippen LogP contribution in [0.4, 0.5) is 10.1 Å². The molecule has 158 valence electrons. The molecule has 1 amide bonds. The summed E-state index contributed by atoms with van der Waals surface area (Å²) in [5.74, 6) is -0.256. The minimum absolute atomic E-state index is 0.0418. The van der Waals surface area contributed by atoms with Crippen molar-refractivity contribution in [3.8, 4) is 0 Å². The van der Waals surface area contributed by atoms with Gasteiger partial charge >= 0.3 is 5.00 Å². The van der Waals surface area contributed by atoms with Crippen molar-refractivity contribution >= 4 is 64.9 Å². The summed E-state index contributed by atoms with van der Waals surface area (Å²) in [5.41, 5.74) is 0.821. The first kappa shape index (κ1) is 21.3. The fourth-order valence-corrected chi connectivity index (χ4v) is 5.55. The van der Waals surface area contributed by atoms with Gasteiger partial charge in [-0.15, -0.1) is 0 Å². The predicted molar refractivity (Wildman–Crippen MR) is 122 cm³/mol. The SMILES string of the molecule is O=C(c1ccc([N+](=O)[O-])s1)N(CCCN1CCOCC1)c1nc2ccc(Br)cc2s1. The fraction of sp³-hybridized carbons (Fsp3) is 0.368. The van der Waals surface area contributed by atoms with Gasteiger partial charge in [-0.25, -0.2) is 4.98 Å². The summed E-state index contributed by atoms with van der Waals surface area (Å²) < 4.78 is 7.31. The molecule has 11 heteroatoms. The number of amides is 1. The molecule has 0 radical (unpaired) electrons. The van der Waals surface area contributed by atoms with Crippen molar-refractivity contribution in [2.45, 2.75) is 6.42 Å². The van der Waals surface area contributed by atoms with Gasteiger partial charge in [0.1, 0.15) is 0 Å². The number of carbonyl (C=O) groups excluding carboxylic acids is 1. The molecule has 1 aliphatic heterocycles. The van der Waals surface area contributed by atoms with E-state index in [9.17, 15) is 14.9 Å². The molecule has 1 fully saturated rings. The number of thiazole rings is 1. The summed E-state index contributed by atoms with van der Waals surface area (Å²) in [7, 11) is 0. The van der Waals surface area contributed by atoms with Crippen molar-refractivity contribution < 1.29 is 14.5 Å². The van der Waals surface area contributed by atoms with Gasteiger partial charge in [0.25, 0.3) is 5.91 Å². The normalized spacial score (nSPS) is 14.8. The molecule has 0 unspecified atom stereocenters.